The van der Waals surface area contributed by atoms with E-state index in [9.17, 15) is 0 Å². The molecule has 3 rings (SSSR count). The maximum atomic E-state index is 5.61. The summed E-state index contributed by atoms with van der Waals surface area (Å²) >= 11 is 0. The summed E-state index contributed by atoms with van der Waals surface area (Å²) in [7, 11) is 5.17. The normalized spacial score (nSPS) is 22.4. The quantitative estimate of drug-likeness (QED) is 0.403. The highest BCUT2D eigenvalue weighted by Gasteiger charge is 2.42. The number of methoxy groups -OCH3 is 2. The lowest BCUT2D eigenvalue weighted by Crippen LogP contribution is -2.42. The van der Waals surface area contributed by atoms with Gasteiger partial charge in [-0.05, 0) is 37.0 Å². The molecule has 2 heterocycles. The summed E-state index contributed by atoms with van der Waals surface area (Å²) in [4.78, 5) is 6.83. The molecule has 2 saturated heterocycles. The number of aliphatic imine (C=N–C) groups is 1. The second-order valence-corrected chi connectivity index (χ2v) is 6.89. The molecule has 26 heavy (non-hydrogen) atoms. The average Bonchev–Trinajstić information content (AvgIpc) is 3.28. The fourth-order valence-corrected chi connectivity index (χ4v) is 3.77. The maximum Gasteiger partial charge on any atom is 0.193 e. The van der Waals surface area contributed by atoms with E-state index < -0.39 is 0 Å². The predicted molar refractivity (Wildman–Crippen MR) is 114 cm³/mol. The fourth-order valence-electron chi connectivity index (χ4n) is 3.77. The van der Waals surface area contributed by atoms with Crippen molar-refractivity contribution in [2.24, 2.45) is 10.4 Å². The minimum absolute atomic E-state index is 0. The van der Waals surface area contributed by atoms with Gasteiger partial charge in [0, 0.05) is 38.7 Å². The lowest BCUT2D eigenvalue weighted by molar-refractivity contribution is 0.156. The Morgan fingerprint density at radius 3 is 2.73 bits per heavy atom. The Morgan fingerprint density at radius 1 is 1.27 bits per heavy atom. The number of halogens is 1. The average molecular weight is 475 g/mol. The van der Waals surface area contributed by atoms with E-state index in [0.29, 0.717) is 5.41 Å². The summed E-state index contributed by atoms with van der Waals surface area (Å²) in [6.45, 7) is 4.73. The van der Waals surface area contributed by atoms with Crippen molar-refractivity contribution in [3.05, 3.63) is 23.8 Å². The molecule has 1 spiro atoms. The number of guanidine groups is 1. The molecule has 1 atom stereocenters. The first-order chi connectivity index (χ1) is 12.2. The summed E-state index contributed by atoms with van der Waals surface area (Å²) in [6.07, 6.45) is 3.27. The van der Waals surface area contributed by atoms with Gasteiger partial charge in [0.1, 0.15) is 0 Å². The first kappa shape index (κ1) is 21.1. The molecule has 0 aliphatic carbocycles. The first-order valence-electron chi connectivity index (χ1n) is 8.94. The third-order valence-corrected chi connectivity index (χ3v) is 5.28. The molecular formula is C19H30IN3O3. The zero-order valence-electron chi connectivity index (χ0n) is 15.9. The fraction of sp³-hybridized carbons (Fsp3) is 0.632. The summed E-state index contributed by atoms with van der Waals surface area (Å²) < 4.78 is 16.3. The smallest absolute Gasteiger partial charge is 0.193 e. The molecule has 1 aromatic rings. The molecule has 6 nitrogen and oxygen atoms in total. The molecule has 146 valence electrons. The molecule has 0 amide bonds. The molecular weight excluding hydrogens is 445 g/mol. The molecule has 2 fully saturated rings. The monoisotopic (exact) mass is 475 g/mol. The van der Waals surface area contributed by atoms with Gasteiger partial charge in [-0.25, -0.2) is 0 Å². The summed E-state index contributed by atoms with van der Waals surface area (Å²) in [5.41, 5.74) is 1.56. The van der Waals surface area contributed by atoms with Crippen LogP contribution in [0.5, 0.6) is 11.5 Å². The van der Waals surface area contributed by atoms with E-state index in [4.69, 9.17) is 14.2 Å². The van der Waals surface area contributed by atoms with Crippen molar-refractivity contribution in [1.82, 2.24) is 10.2 Å². The molecule has 2 aliphatic rings. The largest absolute Gasteiger partial charge is 0.493 e. The molecule has 0 bridgehead atoms. The Kier molecular flexibility index (Phi) is 7.82. The van der Waals surface area contributed by atoms with E-state index in [1.54, 1.807) is 14.2 Å². The number of hydrogen-bond acceptors (Lipinski definition) is 4. The molecule has 0 radical (unpaired) electrons. The van der Waals surface area contributed by atoms with Crippen LogP contribution in [0, 0.1) is 5.41 Å². The number of likely N-dealkylation sites (tertiary alicyclic amines) is 1. The topological polar surface area (TPSA) is 55.3 Å². The number of rotatable bonds is 5. The van der Waals surface area contributed by atoms with Gasteiger partial charge in [-0.15, -0.1) is 24.0 Å². The van der Waals surface area contributed by atoms with Crippen molar-refractivity contribution >= 4 is 29.9 Å². The van der Waals surface area contributed by atoms with Crippen molar-refractivity contribution in [3.63, 3.8) is 0 Å². The summed E-state index contributed by atoms with van der Waals surface area (Å²) in [5.74, 6) is 2.52. The van der Waals surface area contributed by atoms with Gasteiger partial charge < -0.3 is 24.4 Å². The van der Waals surface area contributed by atoms with Crippen LogP contribution in [0.15, 0.2) is 23.2 Å². The van der Waals surface area contributed by atoms with Gasteiger partial charge in [0.25, 0.3) is 0 Å². The van der Waals surface area contributed by atoms with E-state index in [-0.39, 0.29) is 24.0 Å². The standard InChI is InChI=1S/C19H29N3O3.HI/c1-20-18(22-10-7-19(13-22)8-11-25-14-19)21-9-6-15-4-5-16(23-2)17(12-15)24-3;/h4-5,12H,6-11,13-14H2,1-3H3,(H,20,21);1H. The molecule has 1 unspecified atom stereocenters. The van der Waals surface area contributed by atoms with Gasteiger partial charge in [0.15, 0.2) is 17.5 Å². The van der Waals surface area contributed by atoms with Crippen LogP contribution in [0.4, 0.5) is 0 Å². The Balaban J connectivity index is 0.00000243. The second-order valence-electron chi connectivity index (χ2n) is 6.89. The van der Waals surface area contributed by atoms with Gasteiger partial charge in [0.05, 0.1) is 20.8 Å². The molecule has 0 aromatic heterocycles. The van der Waals surface area contributed by atoms with Crippen LogP contribution in [0.25, 0.3) is 0 Å². The van der Waals surface area contributed by atoms with Crippen molar-refractivity contribution in [1.29, 1.82) is 0 Å². The number of benzene rings is 1. The van der Waals surface area contributed by atoms with E-state index in [1.165, 1.54) is 18.4 Å². The Morgan fingerprint density at radius 2 is 2.08 bits per heavy atom. The van der Waals surface area contributed by atoms with Crippen LogP contribution in [-0.2, 0) is 11.2 Å². The van der Waals surface area contributed by atoms with E-state index >= 15 is 0 Å². The highest BCUT2D eigenvalue weighted by Crippen LogP contribution is 2.38. The van der Waals surface area contributed by atoms with Gasteiger partial charge in [-0.1, -0.05) is 6.07 Å². The van der Waals surface area contributed by atoms with Crippen molar-refractivity contribution in [3.8, 4) is 11.5 Å². The third-order valence-electron chi connectivity index (χ3n) is 5.28. The zero-order valence-corrected chi connectivity index (χ0v) is 18.2. The number of nitrogens with one attached hydrogen (secondary N) is 1. The molecule has 0 saturated carbocycles. The first-order valence-corrected chi connectivity index (χ1v) is 8.94. The van der Waals surface area contributed by atoms with Crippen molar-refractivity contribution < 1.29 is 14.2 Å². The zero-order chi connectivity index (χ0) is 17.7. The Bertz CT molecular complexity index is 618. The van der Waals surface area contributed by atoms with E-state index in [1.807, 2.05) is 19.2 Å². The van der Waals surface area contributed by atoms with E-state index in [0.717, 1.165) is 56.7 Å². The van der Waals surface area contributed by atoms with Crippen LogP contribution in [-0.4, -0.2) is 65.0 Å². The van der Waals surface area contributed by atoms with E-state index in [2.05, 4.69) is 21.3 Å². The van der Waals surface area contributed by atoms with Crippen molar-refractivity contribution in [2.75, 3.05) is 54.1 Å². The minimum atomic E-state index is 0. The van der Waals surface area contributed by atoms with Crippen molar-refractivity contribution in [2.45, 2.75) is 19.3 Å². The van der Waals surface area contributed by atoms with Crippen LogP contribution >= 0.6 is 24.0 Å². The van der Waals surface area contributed by atoms with Crippen LogP contribution in [0.2, 0.25) is 0 Å². The number of ether oxygens (including phenoxy) is 3. The highest BCUT2D eigenvalue weighted by atomic mass is 127. The number of nitrogens with zero attached hydrogens (tertiary/aromatic N) is 2. The maximum absolute atomic E-state index is 5.61. The van der Waals surface area contributed by atoms with Crippen LogP contribution in [0.1, 0.15) is 18.4 Å². The number of hydrogen-bond donors (Lipinski definition) is 1. The molecule has 7 heteroatoms. The minimum Gasteiger partial charge on any atom is -0.493 e. The van der Waals surface area contributed by atoms with Crippen LogP contribution in [0.3, 0.4) is 0 Å². The summed E-state index contributed by atoms with van der Waals surface area (Å²) in [5, 5.41) is 3.50. The van der Waals surface area contributed by atoms with Crippen LogP contribution < -0.4 is 14.8 Å². The molecule has 1 N–H and O–H groups in total. The van der Waals surface area contributed by atoms with Gasteiger partial charge >= 0.3 is 0 Å². The lowest BCUT2D eigenvalue weighted by atomic mass is 9.87. The highest BCUT2D eigenvalue weighted by molar-refractivity contribution is 14.0. The van der Waals surface area contributed by atoms with Gasteiger partial charge in [0.2, 0.25) is 0 Å². The Labute approximate surface area is 173 Å². The third kappa shape index (κ3) is 4.73. The predicted octanol–water partition coefficient (Wildman–Crippen LogP) is 2.55. The van der Waals surface area contributed by atoms with Gasteiger partial charge in [-0.2, -0.15) is 0 Å². The van der Waals surface area contributed by atoms with Gasteiger partial charge in [-0.3, -0.25) is 4.99 Å². The lowest BCUT2D eigenvalue weighted by Gasteiger charge is -2.25. The summed E-state index contributed by atoms with van der Waals surface area (Å²) in [6, 6.07) is 6.06. The Hall–Kier alpha value is -1.22. The SMILES string of the molecule is CN=C(NCCc1ccc(OC)c(OC)c1)N1CCC2(CCOC2)C1.I. The molecule has 2 aliphatic heterocycles. The molecule has 1 aromatic carbocycles. The second kappa shape index (κ2) is 9.64.